The van der Waals surface area contributed by atoms with E-state index in [9.17, 15) is 17.6 Å². The van der Waals surface area contributed by atoms with E-state index in [0.29, 0.717) is 53.8 Å². The number of Topliss-reactive ketones (excluding diaryl/α,β-unsaturated/α-hetero) is 1. The summed E-state index contributed by atoms with van der Waals surface area (Å²) in [5, 5.41) is 8.68. The molecule has 0 saturated heterocycles. The van der Waals surface area contributed by atoms with Crippen LogP contribution in [0, 0.1) is 5.82 Å². The predicted octanol–water partition coefficient (Wildman–Crippen LogP) is 3.58. The average molecular weight is 492 g/mol. The highest BCUT2D eigenvalue weighted by Gasteiger charge is 2.23. The van der Waals surface area contributed by atoms with Crippen LogP contribution in [0.4, 0.5) is 4.39 Å². The smallest absolute Gasteiger partial charge is 0.243 e. The van der Waals surface area contributed by atoms with E-state index in [1.165, 1.54) is 51.1 Å². The van der Waals surface area contributed by atoms with Crippen molar-refractivity contribution in [3.63, 3.8) is 0 Å². The lowest BCUT2D eigenvalue weighted by atomic mass is 10.1. The Morgan fingerprint density at radius 2 is 1.82 bits per heavy atom. The number of nitrogen functional groups attached to an aromatic ring is 1. The van der Waals surface area contributed by atoms with Gasteiger partial charge in [0.05, 0.1) is 4.90 Å². The van der Waals surface area contributed by atoms with Gasteiger partial charge in [-0.2, -0.15) is 4.31 Å². The minimum atomic E-state index is -3.61. The fourth-order valence-electron chi connectivity index (χ4n) is 3.26. The monoisotopic (exact) mass is 491 g/mol. The fourth-order valence-corrected chi connectivity index (χ4v) is 5.56. The molecular weight excluding hydrogens is 465 g/mol. The summed E-state index contributed by atoms with van der Waals surface area (Å²) in [6, 6.07) is 11.9. The van der Waals surface area contributed by atoms with Gasteiger partial charge in [-0.1, -0.05) is 37.7 Å². The van der Waals surface area contributed by atoms with Gasteiger partial charge in [0.1, 0.15) is 5.82 Å². The third-order valence-electron chi connectivity index (χ3n) is 5.05. The first-order valence-corrected chi connectivity index (χ1v) is 12.9. The molecule has 0 aliphatic heterocycles. The number of halogens is 1. The van der Waals surface area contributed by atoms with Crippen molar-refractivity contribution in [2.45, 2.75) is 36.7 Å². The molecule has 0 fully saturated rings. The molecule has 1 aromatic heterocycles. The van der Waals surface area contributed by atoms with Gasteiger partial charge in [-0.3, -0.25) is 4.79 Å². The number of hydrogen-bond acceptors (Lipinski definition) is 7. The molecule has 0 aliphatic rings. The van der Waals surface area contributed by atoms with Crippen LogP contribution in [0.25, 0.3) is 11.4 Å². The zero-order valence-electron chi connectivity index (χ0n) is 18.4. The van der Waals surface area contributed by atoms with Gasteiger partial charge in [0.15, 0.2) is 11.6 Å². The molecule has 2 N–H and O–H groups in total. The van der Waals surface area contributed by atoms with Crippen LogP contribution in [-0.2, 0) is 10.0 Å². The Balaban J connectivity index is 1.65. The van der Waals surface area contributed by atoms with Gasteiger partial charge < -0.3 is 5.84 Å². The molecule has 0 bridgehead atoms. The van der Waals surface area contributed by atoms with Crippen LogP contribution in [0.15, 0.2) is 58.6 Å². The first-order chi connectivity index (χ1) is 15.8. The summed E-state index contributed by atoms with van der Waals surface area (Å²) in [7, 11) is -3.61. The van der Waals surface area contributed by atoms with E-state index in [-0.39, 0.29) is 16.5 Å². The van der Waals surface area contributed by atoms with E-state index in [4.69, 9.17) is 5.84 Å². The molecule has 33 heavy (non-hydrogen) atoms. The quantitative estimate of drug-likeness (QED) is 0.189. The number of carbonyl (C=O) groups is 1. The number of rotatable bonds is 11. The molecule has 0 spiro atoms. The summed E-state index contributed by atoms with van der Waals surface area (Å²) in [5.74, 6) is 6.65. The minimum absolute atomic E-state index is 0.0586. The van der Waals surface area contributed by atoms with Gasteiger partial charge in [0.25, 0.3) is 0 Å². The Morgan fingerprint density at radius 3 is 2.48 bits per heavy atom. The highest BCUT2D eigenvalue weighted by molar-refractivity contribution is 7.99. The van der Waals surface area contributed by atoms with Crippen molar-refractivity contribution in [2.75, 3.05) is 24.7 Å². The van der Waals surface area contributed by atoms with Crippen molar-refractivity contribution in [2.24, 2.45) is 0 Å². The molecule has 1 heterocycles. The number of hydrogen-bond donors (Lipinski definition) is 1. The Morgan fingerprint density at radius 1 is 1.12 bits per heavy atom. The number of carbonyl (C=O) groups excluding carboxylic acids is 1. The van der Waals surface area contributed by atoms with E-state index in [1.54, 1.807) is 32.0 Å². The van der Waals surface area contributed by atoms with E-state index in [1.807, 2.05) is 0 Å². The lowest BCUT2D eigenvalue weighted by molar-refractivity contribution is 0.0982. The second kappa shape index (κ2) is 10.9. The summed E-state index contributed by atoms with van der Waals surface area (Å²) in [5.41, 5.74) is 1.02. The van der Waals surface area contributed by atoms with Crippen molar-refractivity contribution < 1.29 is 17.6 Å². The maximum absolute atomic E-state index is 13.0. The molecule has 176 valence electrons. The van der Waals surface area contributed by atoms with Crippen molar-refractivity contribution in [1.29, 1.82) is 0 Å². The molecule has 0 radical (unpaired) electrons. The Hall–Kier alpha value is -2.76. The summed E-state index contributed by atoms with van der Waals surface area (Å²) in [6.45, 7) is 4.33. The van der Waals surface area contributed by atoms with Crippen molar-refractivity contribution in [1.82, 2.24) is 19.2 Å². The molecule has 3 rings (SSSR count). The molecule has 0 unspecified atom stereocenters. The van der Waals surface area contributed by atoms with Gasteiger partial charge in [-0.25, -0.2) is 17.5 Å². The predicted molar refractivity (Wildman–Crippen MR) is 126 cm³/mol. The lowest BCUT2D eigenvalue weighted by Crippen LogP contribution is -2.30. The molecule has 0 aliphatic carbocycles. The van der Waals surface area contributed by atoms with Crippen LogP contribution in [0.5, 0.6) is 0 Å². The number of nitrogens with zero attached hydrogens (tertiary/aromatic N) is 4. The summed E-state index contributed by atoms with van der Waals surface area (Å²) in [4.78, 5) is 12.4. The standard InChI is InChI=1S/C22H26FN5O3S2/c1-3-27(4-2)33(30,31)19-8-5-7-17(15-19)21-25-26-22(28(21)24)32-14-6-9-20(29)16-10-12-18(23)13-11-16/h5,7-8,10-13,15H,3-4,6,9,14,24H2,1-2H3. The number of benzene rings is 2. The van der Waals surface area contributed by atoms with Crippen LogP contribution in [0.3, 0.4) is 0 Å². The second-order valence-electron chi connectivity index (χ2n) is 7.18. The average Bonchev–Trinajstić information content (AvgIpc) is 3.18. The Kier molecular flexibility index (Phi) is 8.22. The van der Waals surface area contributed by atoms with E-state index < -0.39 is 10.0 Å². The zero-order chi connectivity index (χ0) is 24.0. The normalized spacial score (nSPS) is 11.8. The largest absolute Gasteiger partial charge is 0.335 e. The van der Waals surface area contributed by atoms with E-state index >= 15 is 0 Å². The van der Waals surface area contributed by atoms with Crippen LogP contribution >= 0.6 is 11.8 Å². The second-order valence-corrected chi connectivity index (χ2v) is 10.2. The van der Waals surface area contributed by atoms with Crippen LogP contribution in [-0.4, -0.2) is 52.2 Å². The third kappa shape index (κ3) is 5.79. The van der Waals surface area contributed by atoms with Gasteiger partial charge in [0, 0.05) is 36.4 Å². The van der Waals surface area contributed by atoms with Gasteiger partial charge in [0.2, 0.25) is 15.2 Å². The molecule has 11 heteroatoms. The Labute approximate surface area is 197 Å². The molecule has 2 aromatic carbocycles. The van der Waals surface area contributed by atoms with Gasteiger partial charge in [-0.15, -0.1) is 10.2 Å². The molecular formula is C22H26FN5O3S2. The highest BCUT2D eigenvalue weighted by atomic mass is 32.2. The van der Waals surface area contributed by atoms with Gasteiger partial charge in [-0.05, 0) is 42.8 Å². The van der Waals surface area contributed by atoms with Gasteiger partial charge >= 0.3 is 0 Å². The number of ketones is 1. The number of aromatic nitrogens is 3. The lowest BCUT2D eigenvalue weighted by Gasteiger charge is -2.18. The first-order valence-electron chi connectivity index (χ1n) is 10.5. The summed E-state index contributed by atoms with van der Waals surface area (Å²) in [6.07, 6.45) is 0.899. The summed E-state index contributed by atoms with van der Waals surface area (Å²) >= 11 is 1.35. The maximum Gasteiger partial charge on any atom is 0.243 e. The molecule has 8 nitrogen and oxygen atoms in total. The molecule has 0 saturated carbocycles. The number of thioether (sulfide) groups is 1. The van der Waals surface area contributed by atoms with E-state index in [2.05, 4.69) is 10.2 Å². The molecule has 0 amide bonds. The van der Waals surface area contributed by atoms with Crippen molar-refractivity contribution in [3.05, 3.63) is 59.9 Å². The fraction of sp³-hybridized carbons (Fsp3) is 0.318. The van der Waals surface area contributed by atoms with Crippen molar-refractivity contribution >= 4 is 27.6 Å². The number of sulfonamides is 1. The molecule has 0 atom stereocenters. The number of nitrogens with two attached hydrogens (primary N) is 1. The molecule has 3 aromatic rings. The highest BCUT2D eigenvalue weighted by Crippen LogP contribution is 2.25. The van der Waals surface area contributed by atoms with Crippen LogP contribution in [0.1, 0.15) is 37.0 Å². The zero-order valence-corrected chi connectivity index (χ0v) is 20.1. The van der Waals surface area contributed by atoms with E-state index in [0.717, 1.165) is 0 Å². The van der Waals surface area contributed by atoms with Crippen molar-refractivity contribution in [3.8, 4) is 11.4 Å². The maximum atomic E-state index is 13.0. The summed E-state index contributed by atoms with van der Waals surface area (Å²) < 4.78 is 41.3. The SMILES string of the molecule is CCN(CC)S(=O)(=O)c1cccc(-c2nnc(SCCCC(=O)c3ccc(F)cc3)n2N)c1. The minimum Gasteiger partial charge on any atom is -0.335 e. The van der Waals surface area contributed by atoms with Crippen LogP contribution in [0.2, 0.25) is 0 Å². The Bertz CT molecular complexity index is 1210. The topological polar surface area (TPSA) is 111 Å². The van der Waals surface area contributed by atoms with Crippen LogP contribution < -0.4 is 5.84 Å². The first kappa shape index (κ1) is 24.9. The third-order valence-corrected chi connectivity index (χ3v) is 8.12.